The molecule has 1 aromatic carbocycles. The van der Waals surface area contributed by atoms with Crippen molar-refractivity contribution in [3.63, 3.8) is 0 Å². The number of hydrogen-bond donors (Lipinski definition) is 0. The predicted octanol–water partition coefficient (Wildman–Crippen LogP) is 1.87. The summed E-state index contributed by atoms with van der Waals surface area (Å²) in [5.74, 6) is 0.810. The van der Waals surface area contributed by atoms with Gasteiger partial charge in [-0.3, -0.25) is 4.79 Å². The number of nitrogens with zero attached hydrogens (tertiary/aromatic N) is 3. The van der Waals surface area contributed by atoms with E-state index < -0.39 is 0 Å². The maximum Gasteiger partial charge on any atom is 0.250 e. The Morgan fingerprint density at radius 2 is 2.21 bits per heavy atom. The molecule has 1 amide bonds. The van der Waals surface area contributed by atoms with Gasteiger partial charge in [0.15, 0.2) is 0 Å². The predicted molar refractivity (Wildman–Crippen MR) is 71.2 cm³/mol. The zero-order valence-corrected chi connectivity index (χ0v) is 10.7. The molecule has 1 aliphatic rings. The lowest BCUT2D eigenvalue weighted by Crippen LogP contribution is -2.28. The second kappa shape index (κ2) is 4.76. The number of carbonyl (C=O) groups excluding carboxylic acids is 1. The van der Waals surface area contributed by atoms with Gasteiger partial charge in [-0.25, -0.2) is 4.98 Å². The van der Waals surface area contributed by atoms with E-state index in [1.54, 1.807) is 24.5 Å². The first kappa shape index (κ1) is 11.8. The lowest BCUT2D eigenvalue weighted by atomic mass is 10.2. The van der Waals surface area contributed by atoms with Gasteiger partial charge in [-0.05, 0) is 18.6 Å². The number of carbonyl (C=O) groups is 1. The normalized spacial score (nSPS) is 18.9. The summed E-state index contributed by atoms with van der Waals surface area (Å²) in [6, 6.07) is 7.43. The smallest absolute Gasteiger partial charge is 0.250 e. The third kappa shape index (κ3) is 1.97. The van der Waals surface area contributed by atoms with Gasteiger partial charge in [-0.1, -0.05) is 12.1 Å². The Morgan fingerprint density at radius 1 is 1.37 bits per heavy atom. The number of aromatic nitrogens is 2. The summed E-state index contributed by atoms with van der Waals surface area (Å²) in [5, 5.41) is 0. The largest absolute Gasteiger partial charge is 0.495 e. The number of anilines is 1. The van der Waals surface area contributed by atoms with E-state index >= 15 is 0 Å². The summed E-state index contributed by atoms with van der Waals surface area (Å²) in [5.41, 5.74) is 0.831. The Bertz CT molecular complexity index is 580. The van der Waals surface area contributed by atoms with Crippen LogP contribution < -0.4 is 9.64 Å². The molecule has 1 atom stereocenters. The van der Waals surface area contributed by atoms with Gasteiger partial charge in [-0.15, -0.1) is 0 Å². The average molecular weight is 257 g/mol. The minimum Gasteiger partial charge on any atom is -0.495 e. The lowest BCUT2D eigenvalue weighted by molar-refractivity contribution is -0.119. The molecule has 5 heteroatoms. The van der Waals surface area contributed by atoms with Gasteiger partial charge < -0.3 is 14.2 Å². The standard InChI is InChI=1S/C14H15N3O2/c1-19-13-5-3-2-4-11(13)17-8-6-12(14(17)18)16-9-7-15-10-16/h2-5,7,9-10,12H,6,8H2,1H3. The van der Waals surface area contributed by atoms with Crippen LogP contribution in [0.5, 0.6) is 5.75 Å². The number of imidazole rings is 1. The van der Waals surface area contributed by atoms with Crippen molar-refractivity contribution in [2.24, 2.45) is 0 Å². The molecular weight excluding hydrogens is 242 g/mol. The van der Waals surface area contributed by atoms with E-state index in [2.05, 4.69) is 4.98 Å². The van der Waals surface area contributed by atoms with E-state index in [9.17, 15) is 4.79 Å². The Hall–Kier alpha value is -2.30. The molecule has 0 N–H and O–H groups in total. The van der Waals surface area contributed by atoms with Crippen molar-refractivity contribution in [3.05, 3.63) is 43.0 Å². The topological polar surface area (TPSA) is 47.4 Å². The number of ether oxygens (including phenoxy) is 1. The minimum atomic E-state index is -0.160. The van der Waals surface area contributed by atoms with E-state index in [0.717, 1.165) is 17.9 Å². The molecule has 1 aliphatic heterocycles. The van der Waals surface area contributed by atoms with Crippen LogP contribution >= 0.6 is 0 Å². The molecular formula is C14H15N3O2. The third-order valence-electron chi connectivity index (χ3n) is 3.44. The fraction of sp³-hybridized carbons (Fsp3) is 0.286. The Labute approximate surface area is 111 Å². The highest BCUT2D eigenvalue weighted by molar-refractivity contribution is 5.99. The van der Waals surface area contributed by atoms with Crippen molar-refractivity contribution in [3.8, 4) is 5.75 Å². The number of hydrogen-bond acceptors (Lipinski definition) is 3. The summed E-state index contributed by atoms with van der Waals surface area (Å²) >= 11 is 0. The summed E-state index contributed by atoms with van der Waals surface area (Å²) in [4.78, 5) is 18.3. The summed E-state index contributed by atoms with van der Waals surface area (Å²) in [7, 11) is 1.62. The quantitative estimate of drug-likeness (QED) is 0.843. The van der Waals surface area contributed by atoms with Gasteiger partial charge >= 0.3 is 0 Å². The molecule has 3 rings (SSSR count). The van der Waals surface area contributed by atoms with Gasteiger partial charge in [0.1, 0.15) is 11.8 Å². The Morgan fingerprint density at radius 3 is 2.95 bits per heavy atom. The molecule has 2 aromatic rings. The third-order valence-corrected chi connectivity index (χ3v) is 3.44. The van der Waals surface area contributed by atoms with Crippen molar-refractivity contribution < 1.29 is 9.53 Å². The van der Waals surface area contributed by atoms with Gasteiger partial charge in [-0.2, -0.15) is 0 Å². The first-order valence-corrected chi connectivity index (χ1v) is 6.23. The molecule has 98 valence electrons. The minimum absolute atomic E-state index is 0.0856. The highest BCUT2D eigenvalue weighted by atomic mass is 16.5. The van der Waals surface area contributed by atoms with Crippen LogP contribution in [-0.4, -0.2) is 29.1 Å². The number of benzene rings is 1. The fourth-order valence-corrected chi connectivity index (χ4v) is 2.49. The van der Waals surface area contributed by atoms with Gasteiger partial charge in [0.25, 0.3) is 0 Å². The van der Waals surface area contributed by atoms with Gasteiger partial charge in [0, 0.05) is 18.9 Å². The first-order chi connectivity index (χ1) is 9.31. The zero-order chi connectivity index (χ0) is 13.2. The molecule has 1 unspecified atom stereocenters. The Balaban J connectivity index is 1.90. The van der Waals surface area contributed by atoms with Crippen molar-refractivity contribution in [1.82, 2.24) is 9.55 Å². The maximum atomic E-state index is 12.5. The molecule has 0 aliphatic carbocycles. The molecule has 0 saturated carbocycles. The molecule has 0 bridgehead atoms. The number of methoxy groups -OCH3 is 1. The van der Waals surface area contributed by atoms with E-state index in [1.807, 2.05) is 35.0 Å². The monoisotopic (exact) mass is 257 g/mol. The van der Waals surface area contributed by atoms with Crippen molar-refractivity contribution in [1.29, 1.82) is 0 Å². The Kier molecular flexibility index (Phi) is 2.95. The zero-order valence-electron chi connectivity index (χ0n) is 10.7. The second-order valence-electron chi connectivity index (χ2n) is 4.48. The number of amides is 1. The molecule has 1 aromatic heterocycles. The first-order valence-electron chi connectivity index (χ1n) is 6.23. The van der Waals surface area contributed by atoms with E-state index in [-0.39, 0.29) is 11.9 Å². The maximum absolute atomic E-state index is 12.5. The lowest BCUT2D eigenvalue weighted by Gasteiger charge is -2.19. The molecule has 1 saturated heterocycles. The van der Waals surface area contributed by atoms with Crippen LogP contribution in [0, 0.1) is 0 Å². The van der Waals surface area contributed by atoms with Crippen LogP contribution in [0.4, 0.5) is 5.69 Å². The second-order valence-corrected chi connectivity index (χ2v) is 4.48. The molecule has 2 heterocycles. The van der Waals surface area contributed by atoms with E-state index in [0.29, 0.717) is 6.54 Å². The van der Waals surface area contributed by atoms with Crippen LogP contribution in [0.1, 0.15) is 12.5 Å². The van der Waals surface area contributed by atoms with Crippen LogP contribution in [-0.2, 0) is 4.79 Å². The van der Waals surface area contributed by atoms with E-state index in [4.69, 9.17) is 4.74 Å². The number of rotatable bonds is 3. The van der Waals surface area contributed by atoms with Crippen molar-refractivity contribution in [2.75, 3.05) is 18.6 Å². The van der Waals surface area contributed by atoms with Crippen LogP contribution in [0.2, 0.25) is 0 Å². The average Bonchev–Trinajstić information content (AvgIpc) is 3.08. The molecule has 0 radical (unpaired) electrons. The highest BCUT2D eigenvalue weighted by Crippen LogP contribution is 2.34. The van der Waals surface area contributed by atoms with E-state index in [1.165, 1.54) is 0 Å². The summed E-state index contributed by atoms with van der Waals surface area (Å²) in [6.45, 7) is 0.696. The number of para-hydroxylation sites is 2. The fourth-order valence-electron chi connectivity index (χ4n) is 2.49. The van der Waals surface area contributed by atoms with Gasteiger partial charge in [0.2, 0.25) is 5.91 Å². The highest BCUT2D eigenvalue weighted by Gasteiger charge is 2.34. The molecule has 0 spiro atoms. The van der Waals surface area contributed by atoms with Crippen LogP contribution in [0.15, 0.2) is 43.0 Å². The van der Waals surface area contributed by atoms with Crippen molar-refractivity contribution in [2.45, 2.75) is 12.5 Å². The van der Waals surface area contributed by atoms with Crippen LogP contribution in [0.3, 0.4) is 0 Å². The molecule has 5 nitrogen and oxygen atoms in total. The molecule has 1 fully saturated rings. The summed E-state index contributed by atoms with van der Waals surface area (Å²) in [6.07, 6.45) is 5.99. The van der Waals surface area contributed by atoms with Gasteiger partial charge in [0.05, 0.1) is 19.1 Å². The van der Waals surface area contributed by atoms with Crippen LogP contribution in [0.25, 0.3) is 0 Å². The SMILES string of the molecule is COc1ccccc1N1CCC(n2ccnc2)C1=O. The van der Waals surface area contributed by atoms with Crippen molar-refractivity contribution >= 4 is 11.6 Å². The summed E-state index contributed by atoms with van der Waals surface area (Å²) < 4.78 is 7.18. The molecule has 19 heavy (non-hydrogen) atoms.